The topological polar surface area (TPSA) is 96.3 Å². The van der Waals surface area contributed by atoms with Crippen LogP contribution >= 0.6 is 0 Å². The van der Waals surface area contributed by atoms with Crippen LogP contribution in [0.2, 0.25) is 0 Å². The molecule has 2 rings (SSSR count). The monoisotopic (exact) mass is 358 g/mol. The number of nitrogens with zero attached hydrogens (tertiary/aromatic N) is 1. The van der Waals surface area contributed by atoms with Crippen molar-refractivity contribution < 1.29 is 17.9 Å². The van der Waals surface area contributed by atoms with Crippen molar-refractivity contribution in [1.82, 2.24) is 4.72 Å². The number of nitrogens with one attached hydrogen (secondary N) is 1. The second-order valence-corrected chi connectivity index (χ2v) is 7.29. The summed E-state index contributed by atoms with van der Waals surface area (Å²) < 4.78 is 29.8. The maximum atomic E-state index is 12.1. The van der Waals surface area contributed by atoms with E-state index in [4.69, 9.17) is 10.00 Å². The van der Waals surface area contributed by atoms with Crippen molar-refractivity contribution in [3.63, 3.8) is 0 Å². The summed E-state index contributed by atoms with van der Waals surface area (Å²) in [4.78, 5) is 12.1. The summed E-state index contributed by atoms with van der Waals surface area (Å²) in [5, 5.41) is 8.73. The van der Waals surface area contributed by atoms with Gasteiger partial charge in [0.05, 0.1) is 17.9 Å². The number of carbonyl (C=O) groups is 1. The summed E-state index contributed by atoms with van der Waals surface area (Å²) in [6.07, 6.45) is 1.66. The van der Waals surface area contributed by atoms with Crippen LogP contribution in [0.1, 0.15) is 21.5 Å². The quantitative estimate of drug-likeness (QED) is 0.727. The SMILES string of the molecule is CS(=O)(=O)NCCc1ccc(C(=O)COc2ccc(C#N)cc2)cc1. The van der Waals surface area contributed by atoms with E-state index in [0.717, 1.165) is 11.8 Å². The third-order valence-electron chi connectivity index (χ3n) is 3.41. The van der Waals surface area contributed by atoms with E-state index < -0.39 is 10.0 Å². The molecule has 0 saturated carbocycles. The maximum Gasteiger partial charge on any atom is 0.208 e. The Morgan fingerprint density at radius 1 is 1.12 bits per heavy atom. The van der Waals surface area contributed by atoms with Crippen molar-refractivity contribution in [3.8, 4) is 11.8 Å². The minimum Gasteiger partial charge on any atom is -0.485 e. The summed E-state index contributed by atoms with van der Waals surface area (Å²) >= 11 is 0. The molecule has 0 aromatic heterocycles. The first kappa shape index (κ1) is 18.6. The molecular formula is C18H18N2O4S. The first-order valence-corrected chi connectivity index (χ1v) is 9.46. The van der Waals surface area contributed by atoms with Gasteiger partial charge in [0.2, 0.25) is 10.0 Å². The highest BCUT2D eigenvalue weighted by Gasteiger charge is 2.07. The molecule has 0 aliphatic rings. The summed E-state index contributed by atoms with van der Waals surface area (Å²) in [5.41, 5.74) is 1.98. The molecule has 2 aromatic carbocycles. The lowest BCUT2D eigenvalue weighted by Gasteiger charge is -2.07. The Morgan fingerprint density at radius 2 is 1.76 bits per heavy atom. The lowest BCUT2D eigenvalue weighted by molar-refractivity contribution is 0.0921. The van der Waals surface area contributed by atoms with Gasteiger partial charge in [0.1, 0.15) is 5.75 Å². The standard InChI is InChI=1S/C18H18N2O4S/c1-25(22,23)20-11-10-14-2-6-16(7-3-14)18(21)13-24-17-8-4-15(12-19)5-9-17/h2-9,20H,10-11,13H2,1H3. The minimum atomic E-state index is -3.19. The van der Waals surface area contributed by atoms with E-state index in [1.54, 1.807) is 48.5 Å². The summed E-state index contributed by atoms with van der Waals surface area (Å²) in [6, 6.07) is 15.5. The van der Waals surface area contributed by atoms with E-state index in [2.05, 4.69) is 4.72 Å². The number of ether oxygens (including phenoxy) is 1. The number of Topliss-reactive ketones (excluding diaryl/α,β-unsaturated/α-hetero) is 1. The summed E-state index contributed by atoms with van der Waals surface area (Å²) in [7, 11) is -3.19. The molecule has 0 aliphatic carbocycles. The predicted octanol–water partition coefficient (Wildman–Crippen LogP) is 1.91. The highest BCUT2D eigenvalue weighted by atomic mass is 32.2. The van der Waals surface area contributed by atoms with Gasteiger partial charge < -0.3 is 4.74 Å². The molecule has 0 fully saturated rings. The Hall–Kier alpha value is -2.69. The minimum absolute atomic E-state index is 0.0963. The molecule has 0 aliphatic heterocycles. The third kappa shape index (κ3) is 6.37. The normalized spacial score (nSPS) is 10.9. The fourth-order valence-corrected chi connectivity index (χ4v) is 2.57. The van der Waals surface area contributed by atoms with Gasteiger partial charge in [-0.1, -0.05) is 24.3 Å². The van der Waals surface area contributed by atoms with Crippen molar-refractivity contribution in [1.29, 1.82) is 5.26 Å². The maximum absolute atomic E-state index is 12.1. The van der Waals surface area contributed by atoms with Gasteiger partial charge in [0, 0.05) is 12.1 Å². The van der Waals surface area contributed by atoms with Gasteiger partial charge in [-0.25, -0.2) is 13.1 Å². The van der Waals surface area contributed by atoms with Gasteiger partial charge >= 0.3 is 0 Å². The number of benzene rings is 2. The molecule has 0 spiro atoms. The van der Waals surface area contributed by atoms with Crippen molar-refractivity contribution in [2.45, 2.75) is 6.42 Å². The molecule has 0 bridgehead atoms. The number of hydrogen-bond acceptors (Lipinski definition) is 5. The van der Waals surface area contributed by atoms with Crippen molar-refractivity contribution in [2.75, 3.05) is 19.4 Å². The predicted molar refractivity (Wildman–Crippen MR) is 94.0 cm³/mol. The average Bonchev–Trinajstić information content (AvgIpc) is 2.59. The molecule has 6 nitrogen and oxygen atoms in total. The molecular weight excluding hydrogens is 340 g/mol. The van der Waals surface area contributed by atoms with Crippen molar-refractivity contribution in [2.24, 2.45) is 0 Å². The molecule has 0 amide bonds. The lowest BCUT2D eigenvalue weighted by Crippen LogP contribution is -2.24. The molecule has 0 saturated heterocycles. The number of rotatable bonds is 8. The van der Waals surface area contributed by atoms with Crippen LogP contribution in [0.5, 0.6) is 5.75 Å². The second kappa shape index (κ2) is 8.42. The Kier molecular flexibility index (Phi) is 6.28. The van der Waals surface area contributed by atoms with E-state index in [9.17, 15) is 13.2 Å². The van der Waals surface area contributed by atoms with Gasteiger partial charge in [-0.2, -0.15) is 5.26 Å². The molecule has 2 aromatic rings. The Labute approximate surface area is 147 Å². The number of sulfonamides is 1. The molecule has 7 heteroatoms. The summed E-state index contributed by atoms with van der Waals surface area (Å²) in [5.74, 6) is 0.362. The van der Waals surface area contributed by atoms with Gasteiger partial charge in [0.25, 0.3) is 0 Å². The van der Waals surface area contributed by atoms with Crippen LogP contribution in [0.15, 0.2) is 48.5 Å². The highest BCUT2D eigenvalue weighted by molar-refractivity contribution is 7.88. The van der Waals surface area contributed by atoms with Crippen LogP contribution in [0.3, 0.4) is 0 Å². The fraction of sp³-hybridized carbons (Fsp3) is 0.222. The number of nitriles is 1. The largest absolute Gasteiger partial charge is 0.485 e. The number of ketones is 1. The Morgan fingerprint density at radius 3 is 2.32 bits per heavy atom. The van der Waals surface area contributed by atoms with E-state index in [0.29, 0.717) is 29.8 Å². The summed E-state index contributed by atoms with van der Waals surface area (Å²) in [6.45, 7) is 0.217. The molecule has 0 heterocycles. The zero-order valence-electron chi connectivity index (χ0n) is 13.7. The Bertz CT molecular complexity index is 867. The average molecular weight is 358 g/mol. The Balaban J connectivity index is 1.86. The molecule has 0 radical (unpaired) electrons. The first-order chi connectivity index (χ1) is 11.9. The lowest BCUT2D eigenvalue weighted by atomic mass is 10.1. The van der Waals surface area contributed by atoms with Crippen LogP contribution in [-0.2, 0) is 16.4 Å². The van der Waals surface area contributed by atoms with E-state index >= 15 is 0 Å². The van der Waals surface area contributed by atoms with Gasteiger partial charge in [-0.3, -0.25) is 4.79 Å². The van der Waals surface area contributed by atoms with Crippen molar-refractivity contribution >= 4 is 15.8 Å². The molecule has 1 N–H and O–H groups in total. The van der Waals surface area contributed by atoms with Crippen LogP contribution in [0.25, 0.3) is 0 Å². The van der Waals surface area contributed by atoms with Crippen LogP contribution in [0, 0.1) is 11.3 Å². The van der Waals surface area contributed by atoms with Crippen LogP contribution in [-0.4, -0.2) is 33.6 Å². The highest BCUT2D eigenvalue weighted by Crippen LogP contribution is 2.13. The van der Waals surface area contributed by atoms with Crippen molar-refractivity contribution in [3.05, 3.63) is 65.2 Å². The molecule has 25 heavy (non-hydrogen) atoms. The van der Waals surface area contributed by atoms with E-state index in [1.165, 1.54) is 0 Å². The zero-order chi connectivity index (χ0) is 18.3. The molecule has 0 atom stereocenters. The van der Waals surface area contributed by atoms with Crippen LogP contribution in [0.4, 0.5) is 0 Å². The molecule has 130 valence electrons. The first-order valence-electron chi connectivity index (χ1n) is 7.57. The third-order valence-corrected chi connectivity index (χ3v) is 4.14. The number of hydrogen-bond donors (Lipinski definition) is 1. The zero-order valence-corrected chi connectivity index (χ0v) is 14.5. The van der Waals surface area contributed by atoms with Gasteiger partial charge in [0.15, 0.2) is 12.4 Å². The second-order valence-electron chi connectivity index (χ2n) is 5.46. The van der Waals surface area contributed by atoms with E-state index in [1.807, 2.05) is 6.07 Å². The smallest absolute Gasteiger partial charge is 0.208 e. The van der Waals surface area contributed by atoms with Gasteiger partial charge in [-0.05, 0) is 36.2 Å². The molecule has 0 unspecified atom stereocenters. The fourth-order valence-electron chi connectivity index (χ4n) is 2.10. The van der Waals surface area contributed by atoms with E-state index in [-0.39, 0.29) is 12.4 Å². The van der Waals surface area contributed by atoms with Gasteiger partial charge in [-0.15, -0.1) is 0 Å². The van der Waals surface area contributed by atoms with Crippen LogP contribution < -0.4 is 9.46 Å². The number of carbonyl (C=O) groups excluding carboxylic acids is 1.